The summed E-state index contributed by atoms with van der Waals surface area (Å²) >= 11 is 3.46. The lowest BCUT2D eigenvalue weighted by Gasteiger charge is -2.26. The van der Waals surface area contributed by atoms with Crippen LogP contribution < -0.4 is 15.6 Å². The first kappa shape index (κ1) is 20.3. The van der Waals surface area contributed by atoms with E-state index in [0.29, 0.717) is 17.8 Å². The first-order chi connectivity index (χ1) is 14.7. The van der Waals surface area contributed by atoms with Crippen LogP contribution in [-0.2, 0) is 0 Å². The second-order valence-electron chi connectivity index (χ2n) is 7.14. The lowest BCUT2D eigenvalue weighted by molar-refractivity contribution is 0.568. The number of nitrogens with one attached hydrogen (secondary N) is 2. The molecule has 4 rings (SSSR count). The molecule has 0 amide bonds. The van der Waals surface area contributed by atoms with Crippen molar-refractivity contribution >= 4 is 45.2 Å². The summed E-state index contributed by atoms with van der Waals surface area (Å²) in [7, 11) is 0. The van der Waals surface area contributed by atoms with E-state index in [4.69, 9.17) is 0 Å². The van der Waals surface area contributed by atoms with E-state index in [1.165, 1.54) is 6.42 Å². The van der Waals surface area contributed by atoms with E-state index in [2.05, 4.69) is 51.6 Å². The van der Waals surface area contributed by atoms with Crippen LogP contribution in [0.3, 0.4) is 0 Å². The number of hydrazone groups is 1. The van der Waals surface area contributed by atoms with Crippen LogP contribution in [0.5, 0.6) is 0 Å². The van der Waals surface area contributed by atoms with E-state index in [9.17, 15) is 0 Å². The molecule has 154 valence electrons. The summed E-state index contributed by atoms with van der Waals surface area (Å²) in [6.07, 6.45) is 3.55. The molecule has 0 unspecified atom stereocenters. The molecule has 0 aliphatic carbocycles. The van der Waals surface area contributed by atoms with Gasteiger partial charge in [0.15, 0.2) is 0 Å². The SMILES string of the molecule is C/C(=N\Nc1nc(Nc2ccccc2)nc(N2CCCCC2)n1)c1ccc(Br)cc1. The third kappa shape index (κ3) is 5.33. The highest BCUT2D eigenvalue weighted by molar-refractivity contribution is 9.10. The monoisotopic (exact) mass is 465 g/mol. The Morgan fingerprint density at radius 1 is 0.900 bits per heavy atom. The van der Waals surface area contributed by atoms with Gasteiger partial charge in [-0.2, -0.15) is 20.1 Å². The van der Waals surface area contributed by atoms with Crippen molar-refractivity contribution in [2.45, 2.75) is 26.2 Å². The standard InChI is InChI=1S/C22H24BrN7/c1-16(17-10-12-18(23)13-11-17)28-29-21-25-20(24-19-8-4-2-5-9-19)26-22(27-21)30-14-6-3-7-15-30/h2,4-5,8-13H,3,6-7,14-15H2,1H3,(H2,24,25,26,27,29)/b28-16+. The normalized spacial score (nSPS) is 14.5. The van der Waals surface area contributed by atoms with Gasteiger partial charge in [0.2, 0.25) is 17.8 Å². The number of nitrogens with zero attached hydrogens (tertiary/aromatic N) is 5. The Labute approximate surface area is 184 Å². The number of hydrogen-bond acceptors (Lipinski definition) is 7. The van der Waals surface area contributed by atoms with Crippen LogP contribution in [0.15, 0.2) is 64.2 Å². The van der Waals surface area contributed by atoms with Crippen LogP contribution in [0.2, 0.25) is 0 Å². The highest BCUT2D eigenvalue weighted by Crippen LogP contribution is 2.21. The van der Waals surface area contributed by atoms with Crippen molar-refractivity contribution in [1.29, 1.82) is 0 Å². The van der Waals surface area contributed by atoms with Crippen molar-refractivity contribution < 1.29 is 0 Å². The highest BCUT2D eigenvalue weighted by Gasteiger charge is 2.16. The molecule has 0 saturated carbocycles. The summed E-state index contributed by atoms with van der Waals surface area (Å²) in [5.41, 5.74) is 5.81. The molecular formula is C22H24BrN7. The van der Waals surface area contributed by atoms with Gasteiger partial charge in [-0.1, -0.05) is 46.3 Å². The number of rotatable bonds is 6. The molecule has 1 aromatic heterocycles. The second kappa shape index (κ2) is 9.67. The summed E-state index contributed by atoms with van der Waals surface area (Å²) in [4.78, 5) is 16.0. The first-order valence-corrected chi connectivity index (χ1v) is 10.9. The molecule has 2 N–H and O–H groups in total. The zero-order chi connectivity index (χ0) is 20.8. The fourth-order valence-electron chi connectivity index (χ4n) is 3.25. The Morgan fingerprint density at radius 3 is 2.33 bits per heavy atom. The minimum absolute atomic E-state index is 0.417. The summed E-state index contributed by atoms with van der Waals surface area (Å²) in [6, 6.07) is 17.9. The maximum Gasteiger partial charge on any atom is 0.250 e. The smallest absolute Gasteiger partial charge is 0.250 e. The van der Waals surface area contributed by atoms with Crippen molar-refractivity contribution in [2.75, 3.05) is 28.7 Å². The highest BCUT2D eigenvalue weighted by atomic mass is 79.9. The average molecular weight is 466 g/mol. The largest absolute Gasteiger partial charge is 0.341 e. The molecular weight excluding hydrogens is 442 g/mol. The van der Waals surface area contributed by atoms with Crippen molar-refractivity contribution in [3.63, 3.8) is 0 Å². The van der Waals surface area contributed by atoms with E-state index >= 15 is 0 Å². The quantitative estimate of drug-likeness (QED) is 0.384. The summed E-state index contributed by atoms with van der Waals surface area (Å²) in [5.74, 6) is 1.58. The Kier molecular flexibility index (Phi) is 6.53. The van der Waals surface area contributed by atoms with Gasteiger partial charge in [-0.15, -0.1) is 0 Å². The second-order valence-corrected chi connectivity index (χ2v) is 8.05. The van der Waals surface area contributed by atoms with Gasteiger partial charge in [-0.3, -0.25) is 0 Å². The first-order valence-electron chi connectivity index (χ1n) is 10.1. The predicted molar refractivity (Wildman–Crippen MR) is 126 cm³/mol. The lowest BCUT2D eigenvalue weighted by atomic mass is 10.1. The molecule has 0 spiro atoms. The maximum atomic E-state index is 4.65. The number of hydrogen-bond donors (Lipinski definition) is 2. The molecule has 0 radical (unpaired) electrons. The van der Waals surface area contributed by atoms with Crippen molar-refractivity contribution in [3.8, 4) is 0 Å². The zero-order valence-corrected chi connectivity index (χ0v) is 18.4. The molecule has 30 heavy (non-hydrogen) atoms. The number of benzene rings is 2. The van der Waals surface area contributed by atoms with E-state index in [1.54, 1.807) is 0 Å². The molecule has 2 heterocycles. The van der Waals surface area contributed by atoms with E-state index < -0.39 is 0 Å². The number of para-hydroxylation sites is 1. The topological polar surface area (TPSA) is 78.3 Å². The number of piperidine rings is 1. The van der Waals surface area contributed by atoms with Crippen LogP contribution >= 0.6 is 15.9 Å². The summed E-state index contributed by atoms with van der Waals surface area (Å²) in [5, 5.41) is 7.75. The fourth-order valence-corrected chi connectivity index (χ4v) is 3.51. The van der Waals surface area contributed by atoms with Crippen molar-refractivity contribution in [2.24, 2.45) is 5.10 Å². The summed E-state index contributed by atoms with van der Waals surface area (Å²) < 4.78 is 1.03. The Morgan fingerprint density at radius 2 is 1.60 bits per heavy atom. The van der Waals surface area contributed by atoms with Gasteiger partial charge in [0.1, 0.15) is 0 Å². The van der Waals surface area contributed by atoms with E-state index in [-0.39, 0.29) is 0 Å². The maximum absolute atomic E-state index is 4.65. The van der Waals surface area contributed by atoms with Gasteiger partial charge in [0.05, 0.1) is 5.71 Å². The number of anilines is 4. The molecule has 1 aliphatic rings. The van der Waals surface area contributed by atoms with Gasteiger partial charge in [0, 0.05) is 23.2 Å². The van der Waals surface area contributed by atoms with Gasteiger partial charge in [-0.05, 0) is 56.0 Å². The third-order valence-electron chi connectivity index (χ3n) is 4.88. The molecule has 8 heteroatoms. The van der Waals surface area contributed by atoms with Crippen molar-refractivity contribution in [3.05, 3.63) is 64.6 Å². The van der Waals surface area contributed by atoms with Crippen LogP contribution in [0.1, 0.15) is 31.7 Å². The minimum atomic E-state index is 0.417. The predicted octanol–water partition coefficient (Wildman–Crippen LogP) is 5.20. The van der Waals surface area contributed by atoms with Crippen LogP contribution in [-0.4, -0.2) is 33.8 Å². The Hall–Kier alpha value is -3.00. The van der Waals surface area contributed by atoms with Gasteiger partial charge in [0.25, 0.3) is 0 Å². The molecule has 7 nitrogen and oxygen atoms in total. The molecule has 3 aromatic rings. The lowest BCUT2D eigenvalue weighted by Crippen LogP contribution is -2.31. The van der Waals surface area contributed by atoms with E-state index in [0.717, 1.165) is 47.4 Å². The van der Waals surface area contributed by atoms with Crippen LogP contribution in [0.4, 0.5) is 23.5 Å². The van der Waals surface area contributed by atoms with Gasteiger partial charge >= 0.3 is 0 Å². The minimum Gasteiger partial charge on any atom is -0.341 e. The molecule has 0 atom stereocenters. The Bertz CT molecular complexity index is 1000. The molecule has 1 saturated heterocycles. The molecule has 1 aliphatic heterocycles. The van der Waals surface area contributed by atoms with Crippen molar-refractivity contribution in [1.82, 2.24) is 15.0 Å². The Balaban J connectivity index is 1.59. The van der Waals surface area contributed by atoms with Gasteiger partial charge in [-0.25, -0.2) is 5.43 Å². The molecule has 0 bridgehead atoms. The summed E-state index contributed by atoms with van der Waals surface area (Å²) in [6.45, 7) is 3.86. The third-order valence-corrected chi connectivity index (χ3v) is 5.41. The zero-order valence-electron chi connectivity index (χ0n) is 16.8. The molecule has 2 aromatic carbocycles. The van der Waals surface area contributed by atoms with E-state index in [1.807, 2.05) is 61.5 Å². The van der Waals surface area contributed by atoms with Crippen LogP contribution in [0, 0.1) is 0 Å². The fraction of sp³-hybridized carbons (Fsp3) is 0.273. The van der Waals surface area contributed by atoms with Gasteiger partial charge < -0.3 is 10.2 Å². The average Bonchev–Trinajstić information content (AvgIpc) is 2.79. The van der Waals surface area contributed by atoms with Crippen LogP contribution in [0.25, 0.3) is 0 Å². The number of halogens is 1. The number of aromatic nitrogens is 3. The molecule has 1 fully saturated rings.